The van der Waals surface area contributed by atoms with Crippen molar-refractivity contribution in [3.05, 3.63) is 73.6 Å². The number of halogens is 1. The van der Waals surface area contributed by atoms with Gasteiger partial charge < -0.3 is 10.1 Å². The first-order valence-corrected chi connectivity index (χ1v) is 10.5. The first-order chi connectivity index (χ1) is 15.7. The molecule has 11 heteroatoms. The molecule has 3 rings (SSSR count). The van der Waals surface area contributed by atoms with Crippen LogP contribution in [0.25, 0.3) is 10.8 Å². The monoisotopic (exact) mass is 472 g/mol. The predicted molar refractivity (Wildman–Crippen MR) is 122 cm³/mol. The number of nitro groups is 1. The van der Waals surface area contributed by atoms with Crippen molar-refractivity contribution in [2.75, 3.05) is 11.9 Å². The minimum Gasteiger partial charge on any atom is -0.451 e. The van der Waals surface area contributed by atoms with E-state index in [0.29, 0.717) is 29.7 Å². The molecule has 3 aromatic rings. The molecule has 0 saturated carbocycles. The van der Waals surface area contributed by atoms with E-state index in [1.807, 2.05) is 13.8 Å². The number of benzene rings is 2. The van der Waals surface area contributed by atoms with Gasteiger partial charge in [-0.25, -0.2) is 9.48 Å². The van der Waals surface area contributed by atoms with Gasteiger partial charge in [0.05, 0.1) is 21.0 Å². The van der Waals surface area contributed by atoms with Crippen molar-refractivity contribution >= 4 is 45.6 Å². The summed E-state index contributed by atoms with van der Waals surface area (Å²) in [4.78, 5) is 47.8. The van der Waals surface area contributed by atoms with Crippen molar-refractivity contribution < 1.29 is 19.2 Å². The first kappa shape index (κ1) is 23.9. The lowest BCUT2D eigenvalue weighted by Crippen LogP contribution is -2.28. The topological polar surface area (TPSA) is 133 Å². The molecule has 1 N–H and O–H groups in total. The molecule has 10 nitrogen and oxygen atoms in total. The van der Waals surface area contributed by atoms with E-state index in [0.717, 1.165) is 6.07 Å². The Morgan fingerprint density at radius 2 is 1.91 bits per heavy atom. The average molecular weight is 473 g/mol. The van der Waals surface area contributed by atoms with E-state index >= 15 is 0 Å². The number of esters is 1. The van der Waals surface area contributed by atoms with Crippen molar-refractivity contribution in [1.29, 1.82) is 0 Å². The van der Waals surface area contributed by atoms with Gasteiger partial charge in [0, 0.05) is 24.1 Å². The van der Waals surface area contributed by atoms with Gasteiger partial charge in [0.25, 0.3) is 17.2 Å². The fraction of sp³-hybridized carbons (Fsp3) is 0.273. The van der Waals surface area contributed by atoms with Gasteiger partial charge >= 0.3 is 5.97 Å². The van der Waals surface area contributed by atoms with Crippen LogP contribution in [0.4, 0.5) is 11.4 Å². The second-order valence-electron chi connectivity index (χ2n) is 7.65. The molecule has 0 fully saturated rings. The molecule has 2 aromatic carbocycles. The van der Waals surface area contributed by atoms with Gasteiger partial charge in [-0.15, -0.1) is 0 Å². The maximum atomic E-state index is 12.7. The lowest BCUT2D eigenvalue weighted by molar-refractivity contribution is -0.384. The smallest absolute Gasteiger partial charge is 0.359 e. The molecule has 0 aliphatic rings. The number of anilines is 1. The Balaban J connectivity index is 1.76. The lowest BCUT2D eigenvalue weighted by atomic mass is 10.1. The standard InChI is InChI=1S/C22H21ClN4O6/c1-13(2)9-10-26-21(29)16-6-4-3-5-15(16)20(25-26)22(30)33-12-19(28)24-18-8-7-14(27(31)32)11-17(18)23/h3-8,11,13H,9-10,12H2,1-2H3,(H,24,28). The van der Waals surface area contributed by atoms with Crippen molar-refractivity contribution in [2.45, 2.75) is 26.8 Å². The number of rotatable bonds is 8. The molecule has 0 bridgehead atoms. The van der Waals surface area contributed by atoms with Crippen LogP contribution in [0.1, 0.15) is 30.8 Å². The van der Waals surface area contributed by atoms with Crippen molar-refractivity contribution in [3.8, 4) is 0 Å². The molecular formula is C22H21ClN4O6. The maximum absolute atomic E-state index is 12.7. The second kappa shape index (κ2) is 10.2. The fourth-order valence-corrected chi connectivity index (χ4v) is 3.24. The van der Waals surface area contributed by atoms with E-state index in [9.17, 15) is 24.5 Å². The predicted octanol–water partition coefficient (Wildman–Crippen LogP) is 3.80. The fourth-order valence-electron chi connectivity index (χ4n) is 3.02. The molecule has 1 amide bonds. The van der Waals surface area contributed by atoms with Crippen LogP contribution in [-0.2, 0) is 16.1 Å². The number of aryl methyl sites for hydroxylation is 1. The summed E-state index contributed by atoms with van der Waals surface area (Å²) in [7, 11) is 0. The molecule has 0 saturated heterocycles. The minimum atomic E-state index is -0.866. The average Bonchev–Trinajstić information content (AvgIpc) is 2.78. The number of nitro benzene ring substituents is 1. The van der Waals surface area contributed by atoms with Crippen molar-refractivity contribution in [2.24, 2.45) is 5.92 Å². The number of carbonyl (C=O) groups is 2. The molecule has 0 atom stereocenters. The molecule has 1 heterocycles. The van der Waals surface area contributed by atoms with Crippen LogP contribution in [0.5, 0.6) is 0 Å². The van der Waals surface area contributed by atoms with Gasteiger partial charge in [-0.05, 0) is 24.5 Å². The quantitative estimate of drug-likeness (QED) is 0.299. The number of carbonyl (C=O) groups excluding carboxylic acids is 2. The summed E-state index contributed by atoms with van der Waals surface area (Å²) in [6.07, 6.45) is 0.693. The van der Waals surface area contributed by atoms with Gasteiger partial charge in [-0.2, -0.15) is 5.10 Å². The number of fused-ring (bicyclic) bond motifs is 1. The SMILES string of the molecule is CC(C)CCn1nc(C(=O)OCC(=O)Nc2ccc([N+](=O)[O-])cc2Cl)c2ccccc2c1=O. The van der Waals surface area contributed by atoms with Crippen LogP contribution < -0.4 is 10.9 Å². The largest absolute Gasteiger partial charge is 0.451 e. The third-order valence-corrected chi connectivity index (χ3v) is 5.06. The van der Waals surface area contributed by atoms with Gasteiger partial charge in [0.2, 0.25) is 0 Å². The highest BCUT2D eigenvalue weighted by molar-refractivity contribution is 6.34. The highest BCUT2D eigenvalue weighted by atomic mass is 35.5. The Hall–Kier alpha value is -3.79. The molecular weight excluding hydrogens is 452 g/mol. The second-order valence-corrected chi connectivity index (χ2v) is 8.06. The summed E-state index contributed by atoms with van der Waals surface area (Å²) in [6, 6.07) is 10.1. The number of aromatic nitrogens is 2. The summed E-state index contributed by atoms with van der Waals surface area (Å²) in [6.45, 7) is 3.71. The Kier molecular flexibility index (Phi) is 7.39. The highest BCUT2D eigenvalue weighted by Crippen LogP contribution is 2.26. The van der Waals surface area contributed by atoms with Crippen LogP contribution in [0.3, 0.4) is 0 Å². The Bertz CT molecular complexity index is 1290. The molecule has 0 unspecified atom stereocenters. The van der Waals surface area contributed by atoms with Crippen LogP contribution in [-0.4, -0.2) is 33.2 Å². The molecule has 172 valence electrons. The maximum Gasteiger partial charge on any atom is 0.359 e. The molecule has 0 aliphatic heterocycles. The Morgan fingerprint density at radius 1 is 1.21 bits per heavy atom. The van der Waals surface area contributed by atoms with Crippen LogP contribution in [0.2, 0.25) is 5.02 Å². The molecule has 0 aliphatic carbocycles. The Morgan fingerprint density at radius 3 is 2.55 bits per heavy atom. The third kappa shape index (κ3) is 5.72. The summed E-state index contributed by atoms with van der Waals surface area (Å²) < 4.78 is 6.34. The lowest BCUT2D eigenvalue weighted by Gasteiger charge is -2.12. The van der Waals surface area contributed by atoms with Gasteiger partial charge in [0.15, 0.2) is 12.3 Å². The zero-order valence-corrected chi connectivity index (χ0v) is 18.7. The highest BCUT2D eigenvalue weighted by Gasteiger charge is 2.20. The Labute approximate surface area is 193 Å². The van der Waals surface area contributed by atoms with E-state index in [4.69, 9.17) is 16.3 Å². The van der Waals surface area contributed by atoms with Crippen LogP contribution in [0, 0.1) is 16.0 Å². The van der Waals surface area contributed by atoms with Gasteiger partial charge in [-0.3, -0.25) is 19.7 Å². The normalized spacial score (nSPS) is 10.9. The van der Waals surface area contributed by atoms with E-state index < -0.39 is 23.4 Å². The zero-order valence-electron chi connectivity index (χ0n) is 17.9. The third-order valence-electron chi connectivity index (χ3n) is 4.75. The minimum absolute atomic E-state index is 0.0335. The van der Waals surface area contributed by atoms with Crippen LogP contribution >= 0.6 is 11.6 Å². The number of hydrogen-bond donors (Lipinski definition) is 1. The van der Waals surface area contributed by atoms with Crippen molar-refractivity contribution in [3.63, 3.8) is 0 Å². The molecule has 0 radical (unpaired) electrons. The van der Waals surface area contributed by atoms with Crippen LogP contribution in [0.15, 0.2) is 47.3 Å². The first-order valence-electron chi connectivity index (χ1n) is 10.1. The molecule has 0 spiro atoms. The van der Waals surface area contributed by atoms with Gasteiger partial charge in [0.1, 0.15) is 0 Å². The van der Waals surface area contributed by atoms with E-state index in [1.54, 1.807) is 24.3 Å². The zero-order chi connectivity index (χ0) is 24.1. The number of nitrogens with zero attached hydrogens (tertiary/aromatic N) is 3. The number of non-ortho nitro benzene ring substituents is 1. The number of amides is 1. The molecule has 33 heavy (non-hydrogen) atoms. The number of ether oxygens (including phenoxy) is 1. The summed E-state index contributed by atoms with van der Waals surface area (Å²) in [5, 5.41) is 18.0. The van der Waals surface area contributed by atoms with E-state index in [1.165, 1.54) is 16.8 Å². The van der Waals surface area contributed by atoms with Gasteiger partial charge in [-0.1, -0.05) is 43.6 Å². The number of hydrogen-bond acceptors (Lipinski definition) is 7. The summed E-state index contributed by atoms with van der Waals surface area (Å²) in [5.74, 6) is -1.23. The van der Waals surface area contributed by atoms with E-state index in [2.05, 4.69) is 10.4 Å². The summed E-state index contributed by atoms with van der Waals surface area (Å²) >= 11 is 5.96. The van der Waals surface area contributed by atoms with Crippen molar-refractivity contribution in [1.82, 2.24) is 9.78 Å². The number of nitrogens with one attached hydrogen (secondary N) is 1. The molecule has 1 aromatic heterocycles. The summed E-state index contributed by atoms with van der Waals surface area (Å²) in [5.41, 5.74) is -0.479. The van der Waals surface area contributed by atoms with E-state index in [-0.39, 0.29) is 27.7 Å².